The minimum absolute atomic E-state index is 0.0258. The number of aromatic hydroxyl groups is 1. The lowest BCUT2D eigenvalue weighted by molar-refractivity contribution is 0.0953. The summed E-state index contributed by atoms with van der Waals surface area (Å²) in [7, 11) is 0. The number of anilines is 1. The summed E-state index contributed by atoms with van der Waals surface area (Å²) in [5.74, 6) is -0.475. The van der Waals surface area contributed by atoms with Gasteiger partial charge in [0.25, 0.3) is 5.91 Å². The maximum atomic E-state index is 12.4. The number of nitrogens with one attached hydrogen (secondary N) is 2. The fourth-order valence-corrected chi connectivity index (χ4v) is 2.96. The van der Waals surface area contributed by atoms with Crippen LogP contribution in [-0.2, 0) is 5.41 Å². The number of para-hydroxylation sites is 1. The molecule has 0 fully saturated rings. The molecule has 0 saturated heterocycles. The summed E-state index contributed by atoms with van der Waals surface area (Å²) in [6.45, 7) is 6.09. The number of carbonyl (C=O) groups excluding carboxylic acids is 1. The molecule has 0 bridgehead atoms. The highest BCUT2D eigenvalue weighted by atomic mass is 35.5. The maximum Gasteiger partial charge on any atom is 0.293 e. The number of fused-ring (bicyclic) bond motifs is 1. The molecule has 0 aliphatic rings. The Morgan fingerprint density at radius 1 is 1.19 bits per heavy atom. The summed E-state index contributed by atoms with van der Waals surface area (Å²) in [6, 6.07) is 12.4. The standard InChI is InChI=1S/C20H19ClN2O3S/c1-20(2,3)12-9-13(21)17(24)14(10-12)22-19(27)23-18(25)16-8-11-6-4-5-7-15(11)26-16/h4-10,24H,1-3H3,(H2,22,23,25,27). The van der Waals surface area contributed by atoms with Gasteiger partial charge >= 0.3 is 0 Å². The zero-order valence-electron chi connectivity index (χ0n) is 15.1. The highest BCUT2D eigenvalue weighted by molar-refractivity contribution is 7.80. The first-order valence-corrected chi connectivity index (χ1v) is 9.07. The first-order chi connectivity index (χ1) is 12.6. The summed E-state index contributed by atoms with van der Waals surface area (Å²) >= 11 is 11.3. The van der Waals surface area contributed by atoms with Crippen molar-refractivity contribution in [2.75, 3.05) is 5.32 Å². The van der Waals surface area contributed by atoms with Crippen LogP contribution in [0.15, 0.2) is 46.9 Å². The SMILES string of the molecule is CC(C)(C)c1cc(Cl)c(O)c(NC(=S)NC(=O)c2cc3ccccc3o2)c1. The first-order valence-electron chi connectivity index (χ1n) is 8.29. The van der Waals surface area contributed by atoms with E-state index in [4.69, 9.17) is 28.2 Å². The lowest BCUT2D eigenvalue weighted by atomic mass is 9.87. The van der Waals surface area contributed by atoms with Gasteiger partial charge in [-0.1, -0.05) is 50.6 Å². The van der Waals surface area contributed by atoms with E-state index >= 15 is 0 Å². The molecule has 1 aromatic heterocycles. The number of amides is 1. The van der Waals surface area contributed by atoms with Crippen LogP contribution in [0, 0.1) is 0 Å². The smallest absolute Gasteiger partial charge is 0.293 e. The van der Waals surface area contributed by atoms with Gasteiger partial charge in [0.05, 0.1) is 10.7 Å². The van der Waals surface area contributed by atoms with Crippen molar-refractivity contribution in [3.63, 3.8) is 0 Å². The maximum absolute atomic E-state index is 12.4. The normalized spacial score (nSPS) is 11.4. The van der Waals surface area contributed by atoms with Gasteiger partial charge in [-0.15, -0.1) is 0 Å². The number of halogens is 1. The Kier molecular flexibility index (Phi) is 5.13. The van der Waals surface area contributed by atoms with Crippen LogP contribution in [0.5, 0.6) is 5.75 Å². The number of phenols is 1. The lowest BCUT2D eigenvalue weighted by Crippen LogP contribution is -2.34. The number of hydrogen-bond donors (Lipinski definition) is 3. The number of rotatable bonds is 2. The molecule has 0 atom stereocenters. The zero-order valence-corrected chi connectivity index (χ0v) is 16.7. The molecule has 0 radical (unpaired) electrons. The van der Waals surface area contributed by atoms with Crippen molar-refractivity contribution in [2.24, 2.45) is 0 Å². The third-order valence-corrected chi connectivity index (χ3v) is 4.55. The van der Waals surface area contributed by atoms with Gasteiger partial charge in [-0.25, -0.2) is 0 Å². The van der Waals surface area contributed by atoms with E-state index in [-0.39, 0.29) is 27.1 Å². The minimum Gasteiger partial charge on any atom is -0.504 e. The van der Waals surface area contributed by atoms with E-state index in [2.05, 4.69) is 10.6 Å². The highest BCUT2D eigenvalue weighted by Crippen LogP contribution is 2.37. The van der Waals surface area contributed by atoms with E-state index in [1.165, 1.54) is 0 Å². The van der Waals surface area contributed by atoms with Crippen molar-refractivity contribution in [3.05, 3.63) is 58.8 Å². The molecule has 1 heterocycles. The van der Waals surface area contributed by atoms with E-state index < -0.39 is 5.91 Å². The van der Waals surface area contributed by atoms with E-state index in [0.29, 0.717) is 11.3 Å². The average molecular weight is 403 g/mol. The van der Waals surface area contributed by atoms with Crippen LogP contribution in [0.1, 0.15) is 36.9 Å². The second kappa shape index (κ2) is 7.21. The van der Waals surface area contributed by atoms with Crippen molar-refractivity contribution < 1.29 is 14.3 Å². The monoisotopic (exact) mass is 402 g/mol. The van der Waals surface area contributed by atoms with E-state index in [1.54, 1.807) is 24.3 Å². The van der Waals surface area contributed by atoms with Gasteiger partial charge in [-0.05, 0) is 47.5 Å². The Bertz CT molecular complexity index is 1000. The van der Waals surface area contributed by atoms with Crippen molar-refractivity contribution >= 4 is 51.5 Å². The van der Waals surface area contributed by atoms with Gasteiger partial charge in [-0.3, -0.25) is 10.1 Å². The second-order valence-corrected chi connectivity index (χ2v) is 7.98. The van der Waals surface area contributed by atoms with Crippen LogP contribution in [0.3, 0.4) is 0 Å². The molecule has 0 unspecified atom stereocenters. The van der Waals surface area contributed by atoms with Crippen molar-refractivity contribution in [3.8, 4) is 5.75 Å². The Hall–Kier alpha value is -2.57. The number of thiocarbonyl (C=S) groups is 1. The Morgan fingerprint density at radius 2 is 1.89 bits per heavy atom. The van der Waals surface area contributed by atoms with Gasteiger partial charge in [0.1, 0.15) is 5.58 Å². The van der Waals surface area contributed by atoms with E-state index in [9.17, 15) is 9.90 Å². The summed E-state index contributed by atoms with van der Waals surface area (Å²) in [5.41, 5.74) is 1.68. The van der Waals surface area contributed by atoms with Crippen LogP contribution in [0.2, 0.25) is 5.02 Å². The molecule has 0 saturated carbocycles. The van der Waals surface area contributed by atoms with Crippen LogP contribution in [-0.4, -0.2) is 16.1 Å². The van der Waals surface area contributed by atoms with Crippen LogP contribution >= 0.6 is 23.8 Å². The lowest BCUT2D eigenvalue weighted by Gasteiger charge is -2.21. The molecule has 140 valence electrons. The number of benzene rings is 2. The molecule has 3 rings (SSSR count). The van der Waals surface area contributed by atoms with Crippen molar-refractivity contribution in [2.45, 2.75) is 26.2 Å². The molecule has 0 spiro atoms. The Morgan fingerprint density at radius 3 is 2.56 bits per heavy atom. The van der Waals surface area contributed by atoms with E-state index in [0.717, 1.165) is 10.9 Å². The third-order valence-electron chi connectivity index (χ3n) is 4.05. The Balaban J connectivity index is 1.77. The molecular formula is C20H19ClN2O3S. The molecule has 0 aliphatic heterocycles. The minimum atomic E-state index is -0.485. The van der Waals surface area contributed by atoms with Gasteiger partial charge < -0.3 is 14.8 Å². The molecule has 7 heteroatoms. The first kappa shape index (κ1) is 19.2. The highest BCUT2D eigenvalue weighted by Gasteiger charge is 2.19. The summed E-state index contributed by atoms with van der Waals surface area (Å²) in [4.78, 5) is 12.4. The number of hydrogen-bond acceptors (Lipinski definition) is 4. The number of carbonyl (C=O) groups is 1. The average Bonchev–Trinajstić information content (AvgIpc) is 3.02. The molecule has 27 heavy (non-hydrogen) atoms. The summed E-state index contributed by atoms with van der Waals surface area (Å²) in [6.07, 6.45) is 0. The molecule has 1 amide bonds. The van der Waals surface area contributed by atoms with Gasteiger partial charge in [0.2, 0.25) is 0 Å². The predicted octanol–water partition coefficient (Wildman–Crippen LogP) is 5.22. The van der Waals surface area contributed by atoms with Crippen molar-refractivity contribution in [1.82, 2.24) is 5.32 Å². The quantitative estimate of drug-likeness (QED) is 0.405. The third kappa shape index (κ3) is 4.23. The van der Waals surface area contributed by atoms with Gasteiger partial charge in [0, 0.05) is 5.39 Å². The van der Waals surface area contributed by atoms with Gasteiger partial charge in [0.15, 0.2) is 16.6 Å². The molecule has 3 N–H and O–H groups in total. The topological polar surface area (TPSA) is 74.5 Å². The largest absolute Gasteiger partial charge is 0.504 e. The molecule has 0 aliphatic carbocycles. The molecule has 5 nitrogen and oxygen atoms in total. The fourth-order valence-electron chi connectivity index (χ4n) is 2.54. The fraction of sp³-hybridized carbons (Fsp3) is 0.200. The molecule has 2 aromatic carbocycles. The Labute approximate surface area is 167 Å². The predicted molar refractivity (Wildman–Crippen MR) is 112 cm³/mol. The zero-order chi connectivity index (χ0) is 19.8. The number of phenolic OH excluding ortho intramolecular Hbond substituents is 1. The van der Waals surface area contributed by atoms with Gasteiger partial charge in [-0.2, -0.15) is 0 Å². The van der Waals surface area contributed by atoms with Crippen LogP contribution < -0.4 is 10.6 Å². The molecular weight excluding hydrogens is 384 g/mol. The summed E-state index contributed by atoms with van der Waals surface area (Å²) < 4.78 is 5.52. The van der Waals surface area contributed by atoms with Crippen molar-refractivity contribution in [1.29, 1.82) is 0 Å². The summed E-state index contributed by atoms with van der Waals surface area (Å²) in [5, 5.41) is 16.6. The van der Waals surface area contributed by atoms with Crippen LogP contribution in [0.4, 0.5) is 5.69 Å². The van der Waals surface area contributed by atoms with E-state index in [1.807, 2.05) is 39.0 Å². The van der Waals surface area contributed by atoms with Crippen LogP contribution in [0.25, 0.3) is 11.0 Å². The number of furan rings is 1. The second-order valence-electron chi connectivity index (χ2n) is 7.16. The molecule has 3 aromatic rings.